The SMILES string of the molecule is Cc1nn2c(Cl)c(C)c(-c3cc(F)c(C)c(F)c3F)nc2c1-c1ccc(Cl)cc1Cl. The van der Waals surface area contributed by atoms with E-state index in [1.807, 2.05) is 0 Å². The normalized spacial score (nSPS) is 11.5. The van der Waals surface area contributed by atoms with Crippen LogP contribution in [0.15, 0.2) is 24.3 Å². The third-order valence-electron chi connectivity index (χ3n) is 4.95. The smallest absolute Gasteiger partial charge is 0.168 e. The highest BCUT2D eigenvalue weighted by Gasteiger charge is 2.24. The number of aromatic nitrogens is 3. The quantitative estimate of drug-likeness (QED) is 0.226. The molecule has 0 spiro atoms. The maximum atomic E-state index is 14.7. The Kier molecular flexibility index (Phi) is 5.21. The van der Waals surface area contributed by atoms with Crippen molar-refractivity contribution in [3.8, 4) is 22.4 Å². The second-order valence-electron chi connectivity index (χ2n) is 6.86. The van der Waals surface area contributed by atoms with Crippen LogP contribution in [0.4, 0.5) is 13.2 Å². The van der Waals surface area contributed by atoms with Gasteiger partial charge in [0.05, 0.1) is 22.0 Å². The van der Waals surface area contributed by atoms with Gasteiger partial charge in [0.25, 0.3) is 0 Å². The van der Waals surface area contributed by atoms with E-state index in [1.165, 1.54) is 4.52 Å². The van der Waals surface area contributed by atoms with Gasteiger partial charge in [0.1, 0.15) is 11.0 Å². The van der Waals surface area contributed by atoms with Gasteiger partial charge in [0, 0.05) is 27.3 Å². The minimum atomic E-state index is -1.27. The summed E-state index contributed by atoms with van der Waals surface area (Å²) < 4.78 is 44.5. The highest BCUT2D eigenvalue weighted by Crippen LogP contribution is 2.38. The van der Waals surface area contributed by atoms with Crippen LogP contribution in [0, 0.1) is 38.2 Å². The molecule has 0 atom stereocenters. The minimum absolute atomic E-state index is 0.00837. The average Bonchev–Trinajstić information content (AvgIpc) is 3.02. The Hall–Kier alpha value is -2.28. The molecule has 0 N–H and O–H groups in total. The minimum Gasteiger partial charge on any atom is -0.227 e. The Morgan fingerprint density at radius 2 is 1.57 bits per heavy atom. The van der Waals surface area contributed by atoms with Gasteiger partial charge in [-0.15, -0.1) is 0 Å². The first-order valence-electron chi connectivity index (χ1n) is 8.77. The Morgan fingerprint density at radius 1 is 0.867 bits per heavy atom. The van der Waals surface area contributed by atoms with Gasteiger partial charge in [0.15, 0.2) is 17.3 Å². The van der Waals surface area contributed by atoms with E-state index >= 15 is 0 Å². The van der Waals surface area contributed by atoms with E-state index in [0.717, 1.165) is 13.0 Å². The fraction of sp³-hybridized carbons (Fsp3) is 0.143. The van der Waals surface area contributed by atoms with Gasteiger partial charge in [-0.3, -0.25) is 0 Å². The van der Waals surface area contributed by atoms with E-state index in [1.54, 1.807) is 32.0 Å². The van der Waals surface area contributed by atoms with Crippen molar-refractivity contribution in [2.75, 3.05) is 0 Å². The van der Waals surface area contributed by atoms with Crippen molar-refractivity contribution in [1.82, 2.24) is 14.6 Å². The largest absolute Gasteiger partial charge is 0.227 e. The van der Waals surface area contributed by atoms with E-state index in [4.69, 9.17) is 34.8 Å². The van der Waals surface area contributed by atoms with Crippen molar-refractivity contribution < 1.29 is 13.2 Å². The highest BCUT2D eigenvalue weighted by molar-refractivity contribution is 6.36. The van der Waals surface area contributed by atoms with E-state index < -0.39 is 23.0 Å². The summed E-state index contributed by atoms with van der Waals surface area (Å²) in [6.07, 6.45) is 0. The highest BCUT2D eigenvalue weighted by atomic mass is 35.5. The molecule has 0 saturated heterocycles. The molecule has 0 aliphatic carbocycles. The molecule has 0 fully saturated rings. The average molecular weight is 471 g/mol. The second kappa shape index (κ2) is 7.45. The maximum Gasteiger partial charge on any atom is 0.168 e. The van der Waals surface area contributed by atoms with Crippen molar-refractivity contribution in [3.63, 3.8) is 0 Å². The summed E-state index contributed by atoms with van der Waals surface area (Å²) in [5.41, 5.74) is 1.56. The fourth-order valence-electron chi connectivity index (χ4n) is 3.33. The van der Waals surface area contributed by atoms with Crippen molar-refractivity contribution in [1.29, 1.82) is 0 Å². The first-order chi connectivity index (χ1) is 14.1. The van der Waals surface area contributed by atoms with Gasteiger partial charge in [-0.1, -0.05) is 40.9 Å². The zero-order chi connectivity index (χ0) is 21.9. The molecular formula is C21H13Cl3F3N3. The van der Waals surface area contributed by atoms with Crippen LogP contribution in [0.5, 0.6) is 0 Å². The van der Waals surface area contributed by atoms with Gasteiger partial charge < -0.3 is 0 Å². The molecule has 0 saturated carbocycles. The first kappa shape index (κ1) is 21.0. The van der Waals surface area contributed by atoms with Crippen LogP contribution in [-0.4, -0.2) is 14.6 Å². The number of nitrogens with zero attached hydrogens (tertiary/aromatic N) is 3. The first-order valence-corrected chi connectivity index (χ1v) is 9.90. The molecule has 2 aromatic heterocycles. The standard InChI is InChI=1S/C21H13Cl3F3N3/c1-8-15(25)7-13(18(27)17(8)26)19-9(2)20(24)30-21(28-19)16(10(3)29-30)12-5-4-11(22)6-14(12)23/h4-7H,1-3H3. The van der Waals surface area contributed by atoms with Crippen LogP contribution < -0.4 is 0 Å². The Bertz CT molecular complexity index is 1350. The summed E-state index contributed by atoms with van der Waals surface area (Å²) in [7, 11) is 0. The summed E-state index contributed by atoms with van der Waals surface area (Å²) in [5, 5.41) is 5.36. The molecule has 4 aromatic rings. The number of halogens is 6. The molecule has 0 unspecified atom stereocenters. The topological polar surface area (TPSA) is 30.2 Å². The lowest BCUT2D eigenvalue weighted by atomic mass is 10.0. The predicted molar refractivity (Wildman–Crippen MR) is 113 cm³/mol. The van der Waals surface area contributed by atoms with Gasteiger partial charge in [-0.25, -0.2) is 22.7 Å². The van der Waals surface area contributed by atoms with E-state index in [-0.39, 0.29) is 22.1 Å². The van der Waals surface area contributed by atoms with Crippen LogP contribution in [0.1, 0.15) is 16.8 Å². The van der Waals surface area contributed by atoms with Crippen LogP contribution in [-0.2, 0) is 0 Å². The fourth-order valence-corrected chi connectivity index (χ4v) is 4.04. The summed E-state index contributed by atoms with van der Waals surface area (Å²) in [6.45, 7) is 4.48. The molecule has 0 aliphatic heterocycles. The summed E-state index contributed by atoms with van der Waals surface area (Å²) >= 11 is 18.8. The van der Waals surface area contributed by atoms with E-state index in [9.17, 15) is 13.2 Å². The van der Waals surface area contributed by atoms with Crippen LogP contribution in [0.3, 0.4) is 0 Å². The second-order valence-corrected chi connectivity index (χ2v) is 8.06. The molecule has 0 bridgehead atoms. The number of aryl methyl sites for hydroxylation is 1. The number of rotatable bonds is 2. The number of fused-ring (bicyclic) bond motifs is 1. The summed E-state index contributed by atoms with van der Waals surface area (Å²) in [4.78, 5) is 4.49. The van der Waals surface area contributed by atoms with Gasteiger partial charge in [-0.2, -0.15) is 5.10 Å². The number of benzene rings is 2. The third-order valence-corrected chi connectivity index (χ3v) is 5.94. The van der Waals surface area contributed by atoms with E-state index in [2.05, 4.69) is 10.1 Å². The molecule has 0 radical (unpaired) electrons. The van der Waals surface area contributed by atoms with Crippen molar-refractivity contribution in [2.24, 2.45) is 0 Å². The zero-order valence-corrected chi connectivity index (χ0v) is 18.2. The molecule has 0 aliphatic rings. The lowest BCUT2D eigenvalue weighted by Crippen LogP contribution is -2.04. The molecule has 154 valence electrons. The van der Waals surface area contributed by atoms with Crippen LogP contribution in [0.25, 0.3) is 28.0 Å². The molecule has 0 amide bonds. The lowest BCUT2D eigenvalue weighted by molar-refractivity contribution is 0.488. The zero-order valence-electron chi connectivity index (χ0n) is 15.9. The van der Waals surface area contributed by atoms with Crippen LogP contribution >= 0.6 is 34.8 Å². The molecule has 30 heavy (non-hydrogen) atoms. The van der Waals surface area contributed by atoms with Crippen molar-refractivity contribution in [3.05, 3.63) is 73.7 Å². The lowest BCUT2D eigenvalue weighted by Gasteiger charge is -2.12. The molecule has 2 aromatic carbocycles. The van der Waals surface area contributed by atoms with Gasteiger partial charge in [-0.05, 0) is 39.0 Å². The van der Waals surface area contributed by atoms with Gasteiger partial charge >= 0.3 is 0 Å². The molecular weight excluding hydrogens is 458 g/mol. The molecule has 4 rings (SSSR count). The van der Waals surface area contributed by atoms with E-state index in [0.29, 0.717) is 32.4 Å². The number of hydrogen-bond acceptors (Lipinski definition) is 2. The molecule has 3 nitrogen and oxygen atoms in total. The van der Waals surface area contributed by atoms with Crippen LogP contribution in [0.2, 0.25) is 15.2 Å². The summed E-state index contributed by atoms with van der Waals surface area (Å²) in [6, 6.07) is 5.85. The van der Waals surface area contributed by atoms with Crippen molar-refractivity contribution >= 4 is 40.4 Å². The van der Waals surface area contributed by atoms with Crippen molar-refractivity contribution in [2.45, 2.75) is 20.8 Å². The molecule has 9 heteroatoms. The summed E-state index contributed by atoms with van der Waals surface area (Å²) in [5.74, 6) is -3.35. The third kappa shape index (κ3) is 3.14. The van der Waals surface area contributed by atoms with Gasteiger partial charge in [0.2, 0.25) is 0 Å². The Balaban J connectivity index is 2.09. The maximum absolute atomic E-state index is 14.7. The Morgan fingerprint density at radius 3 is 2.23 bits per heavy atom. The monoisotopic (exact) mass is 469 g/mol. The molecule has 2 heterocycles. The predicted octanol–water partition coefficient (Wildman–Crippen LogP) is 7.37. The Labute approximate surface area is 185 Å². The number of hydrogen-bond donors (Lipinski definition) is 0.